The maximum atomic E-state index is 12.6. The number of rotatable bonds is 6. The van der Waals surface area contributed by atoms with E-state index >= 15 is 0 Å². The van der Waals surface area contributed by atoms with Crippen molar-refractivity contribution in [2.75, 3.05) is 0 Å². The standard InChI is InChI=1S/C30H26BrN3O2S/c1-19-4-10-25(11-5-19)32-30-33-29(35)28(37-30)17-23-16-20(2)34(21(23)3)26-12-14-27(15-13-26)36-18-22-6-8-24(31)9-7-22/h4-17H,18H2,1-3H3,(H,32,33,35)/b28-17+. The number of amidine groups is 1. The number of aromatic nitrogens is 1. The lowest BCUT2D eigenvalue weighted by molar-refractivity contribution is -0.115. The molecule has 3 aromatic carbocycles. The number of hydrogen-bond acceptors (Lipinski definition) is 4. The van der Waals surface area contributed by atoms with Crippen molar-refractivity contribution in [3.05, 3.63) is 116 Å². The van der Waals surface area contributed by atoms with Crippen LogP contribution in [0, 0.1) is 20.8 Å². The summed E-state index contributed by atoms with van der Waals surface area (Å²) >= 11 is 4.82. The lowest BCUT2D eigenvalue weighted by atomic mass is 10.2. The van der Waals surface area contributed by atoms with Gasteiger partial charge in [-0.3, -0.25) is 4.79 Å². The first-order valence-corrected chi connectivity index (χ1v) is 13.5. The van der Waals surface area contributed by atoms with E-state index in [1.807, 2.05) is 73.7 Å². The second kappa shape index (κ2) is 10.8. The molecule has 5 rings (SSSR count). The van der Waals surface area contributed by atoms with E-state index in [2.05, 4.69) is 62.9 Å². The first kappa shape index (κ1) is 25.1. The van der Waals surface area contributed by atoms with Crippen molar-refractivity contribution < 1.29 is 9.53 Å². The SMILES string of the molecule is Cc1ccc(N=C2NC(=O)/C(=C\c3cc(C)n(-c4ccc(OCc5ccc(Br)cc5)cc4)c3C)S2)cc1. The van der Waals surface area contributed by atoms with Gasteiger partial charge in [0.2, 0.25) is 0 Å². The number of nitrogens with one attached hydrogen (secondary N) is 1. The van der Waals surface area contributed by atoms with Gasteiger partial charge in [-0.15, -0.1) is 0 Å². The normalized spacial score (nSPS) is 15.4. The highest BCUT2D eigenvalue weighted by Crippen LogP contribution is 2.31. The van der Waals surface area contributed by atoms with Gasteiger partial charge in [0.1, 0.15) is 12.4 Å². The maximum absolute atomic E-state index is 12.6. The van der Waals surface area contributed by atoms with Crippen LogP contribution in [0.1, 0.15) is 28.1 Å². The van der Waals surface area contributed by atoms with Gasteiger partial charge in [0.05, 0.1) is 10.6 Å². The van der Waals surface area contributed by atoms with Crippen molar-refractivity contribution >= 4 is 50.5 Å². The van der Waals surface area contributed by atoms with Crippen molar-refractivity contribution in [2.24, 2.45) is 4.99 Å². The average Bonchev–Trinajstić information content (AvgIpc) is 3.37. The summed E-state index contributed by atoms with van der Waals surface area (Å²) in [6, 6.07) is 26.2. The van der Waals surface area contributed by atoms with Gasteiger partial charge in [0, 0.05) is 21.5 Å². The fourth-order valence-corrected chi connectivity index (χ4v) is 5.23. The highest BCUT2D eigenvalue weighted by atomic mass is 79.9. The summed E-state index contributed by atoms with van der Waals surface area (Å²) in [5, 5.41) is 3.47. The highest BCUT2D eigenvalue weighted by Gasteiger charge is 2.24. The van der Waals surface area contributed by atoms with E-state index in [9.17, 15) is 4.79 Å². The number of halogens is 1. The molecule has 0 radical (unpaired) electrons. The quantitative estimate of drug-likeness (QED) is 0.242. The minimum absolute atomic E-state index is 0.132. The van der Waals surface area contributed by atoms with Crippen molar-refractivity contribution in [3.8, 4) is 11.4 Å². The van der Waals surface area contributed by atoms with Crippen molar-refractivity contribution in [3.63, 3.8) is 0 Å². The molecule has 1 fully saturated rings. The Bertz CT molecular complexity index is 1500. The van der Waals surface area contributed by atoms with Crippen LogP contribution in [-0.2, 0) is 11.4 Å². The summed E-state index contributed by atoms with van der Waals surface area (Å²) in [7, 11) is 0. The molecule has 0 saturated carbocycles. The van der Waals surface area contributed by atoms with Crippen LogP contribution in [0.25, 0.3) is 11.8 Å². The Morgan fingerprint density at radius 2 is 1.68 bits per heavy atom. The summed E-state index contributed by atoms with van der Waals surface area (Å²) in [5.74, 6) is 0.684. The number of amides is 1. The predicted octanol–water partition coefficient (Wildman–Crippen LogP) is 7.64. The third-order valence-corrected chi connectivity index (χ3v) is 7.52. The number of benzene rings is 3. The number of carbonyl (C=O) groups is 1. The molecule has 0 bridgehead atoms. The largest absolute Gasteiger partial charge is 0.489 e. The topological polar surface area (TPSA) is 55.6 Å². The van der Waals surface area contributed by atoms with Crippen LogP contribution in [0.4, 0.5) is 5.69 Å². The monoisotopic (exact) mass is 571 g/mol. The molecule has 1 aliphatic rings. The number of ether oxygens (including phenoxy) is 1. The molecule has 4 aromatic rings. The minimum atomic E-state index is -0.132. The van der Waals surface area contributed by atoms with Crippen LogP contribution in [0.2, 0.25) is 0 Å². The van der Waals surface area contributed by atoms with Crippen molar-refractivity contribution in [1.82, 2.24) is 9.88 Å². The Kier molecular flexibility index (Phi) is 7.35. The van der Waals surface area contributed by atoms with Gasteiger partial charge in [-0.1, -0.05) is 45.8 Å². The van der Waals surface area contributed by atoms with Gasteiger partial charge in [-0.05, 0) is 104 Å². The Hall–Kier alpha value is -3.55. The van der Waals surface area contributed by atoms with E-state index < -0.39 is 0 Å². The van der Waals surface area contributed by atoms with Crippen LogP contribution >= 0.6 is 27.7 Å². The molecule has 1 amide bonds. The molecular weight excluding hydrogens is 546 g/mol. The molecule has 0 unspecified atom stereocenters. The fraction of sp³-hybridized carbons (Fsp3) is 0.133. The first-order valence-electron chi connectivity index (χ1n) is 11.9. The number of thioether (sulfide) groups is 1. The number of nitrogens with zero attached hydrogens (tertiary/aromatic N) is 2. The average molecular weight is 573 g/mol. The Labute approximate surface area is 229 Å². The minimum Gasteiger partial charge on any atom is -0.489 e. The molecule has 1 aromatic heterocycles. The van der Waals surface area contributed by atoms with E-state index in [-0.39, 0.29) is 5.91 Å². The van der Waals surface area contributed by atoms with Crippen LogP contribution in [0.5, 0.6) is 5.75 Å². The molecule has 5 nitrogen and oxygen atoms in total. The van der Waals surface area contributed by atoms with Crippen LogP contribution in [-0.4, -0.2) is 15.6 Å². The molecule has 0 atom stereocenters. The van der Waals surface area contributed by atoms with E-state index in [4.69, 9.17) is 4.74 Å². The third-order valence-electron chi connectivity index (χ3n) is 6.09. The number of aliphatic imine (C=N–C) groups is 1. The zero-order chi connectivity index (χ0) is 25.9. The van der Waals surface area contributed by atoms with Gasteiger partial charge in [0.15, 0.2) is 5.17 Å². The highest BCUT2D eigenvalue weighted by molar-refractivity contribution is 9.10. The molecule has 0 aliphatic carbocycles. The van der Waals surface area contributed by atoms with E-state index in [0.717, 1.165) is 44.1 Å². The zero-order valence-corrected chi connectivity index (χ0v) is 23.2. The fourth-order valence-electron chi connectivity index (χ4n) is 4.13. The summed E-state index contributed by atoms with van der Waals surface area (Å²) in [6.07, 6.45) is 1.94. The molecule has 2 heterocycles. The van der Waals surface area contributed by atoms with Crippen LogP contribution in [0.15, 0.2) is 93.2 Å². The lowest BCUT2D eigenvalue weighted by Gasteiger charge is -2.11. The number of aryl methyl sites for hydroxylation is 2. The van der Waals surface area contributed by atoms with Crippen LogP contribution in [0.3, 0.4) is 0 Å². The molecule has 0 spiro atoms. The van der Waals surface area contributed by atoms with Gasteiger partial charge < -0.3 is 14.6 Å². The molecule has 7 heteroatoms. The lowest BCUT2D eigenvalue weighted by Crippen LogP contribution is -2.19. The van der Waals surface area contributed by atoms with E-state index in [1.165, 1.54) is 17.3 Å². The molecule has 37 heavy (non-hydrogen) atoms. The molecule has 1 saturated heterocycles. The number of hydrogen-bond donors (Lipinski definition) is 1. The maximum Gasteiger partial charge on any atom is 0.264 e. The molecular formula is C30H26BrN3O2S. The molecule has 186 valence electrons. The van der Waals surface area contributed by atoms with Crippen molar-refractivity contribution in [2.45, 2.75) is 27.4 Å². The van der Waals surface area contributed by atoms with Crippen molar-refractivity contribution in [1.29, 1.82) is 0 Å². The second-order valence-corrected chi connectivity index (χ2v) is 10.8. The van der Waals surface area contributed by atoms with E-state index in [0.29, 0.717) is 16.7 Å². The van der Waals surface area contributed by atoms with E-state index in [1.54, 1.807) is 0 Å². The Morgan fingerprint density at radius 3 is 2.38 bits per heavy atom. The summed E-state index contributed by atoms with van der Waals surface area (Å²) in [4.78, 5) is 17.8. The van der Waals surface area contributed by atoms with Gasteiger partial charge in [-0.2, -0.15) is 0 Å². The first-order chi connectivity index (χ1) is 17.9. The second-order valence-electron chi connectivity index (χ2n) is 8.89. The van der Waals surface area contributed by atoms with Gasteiger partial charge in [-0.25, -0.2) is 4.99 Å². The zero-order valence-electron chi connectivity index (χ0n) is 20.8. The smallest absolute Gasteiger partial charge is 0.264 e. The van der Waals surface area contributed by atoms with Crippen LogP contribution < -0.4 is 10.1 Å². The summed E-state index contributed by atoms with van der Waals surface area (Å²) in [5.41, 5.74) is 7.30. The van der Waals surface area contributed by atoms with Gasteiger partial charge >= 0.3 is 0 Å². The Morgan fingerprint density at radius 1 is 0.973 bits per heavy atom. The van der Waals surface area contributed by atoms with Gasteiger partial charge in [0.25, 0.3) is 5.91 Å². The summed E-state index contributed by atoms with van der Waals surface area (Å²) < 4.78 is 9.19. The molecule has 1 aliphatic heterocycles. The third kappa shape index (κ3) is 5.89. The number of carbonyl (C=O) groups excluding carboxylic acids is 1. The predicted molar refractivity (Wildman–Crippen MR) is 156 cm³/mol. The Balaban J connectivity index is 1.31. The summed E-state index contributed by atoms with van der Waals surface area (Å²) in [6.45, 7) is 6.68. The molecule has 1 N–H and O–H groups in total.